The van der Waals surface area contributed by atoms with Crippen LogP contribution in [0.25, 0.3) is 11.4 Å². The van der Waals surface area contributed by atoms with Crippen LogP contribution in [0, 0.1) is 0 Å². The molecule has 0 amide bonds. The van der Waals surface area contributed by atoms with E-state index in [0.717, 1.165) is 37.8 Å². The Labute approximate surface area is 123 Å². The summed E-state index contributed by atoms with van der Waals surface area (Å²) in [5, 5.41) is 4.02. The van der Waals surface area contributed by atoms with Crippen LogP contribution in [0.15, 0.2) is 27.5 Å². The van der Waals surface area contributed by atoms with Gasteiger partial charge in [0.25, 0.3) is 0 Å². The molecule has 2 aliphatic rings. The molecule has 6 heteroatoms. The third-order valence-electron chi connectivity index (χ3n) is 4.29. The van der Waals surface area contributed by atoms with Gasteiger partial charge in [0.15, 0.2) is 0 Å². The van der Waals surface area contributed by atoms with Crippen LogP contribution in [0.3, 0.4) is 0 Å². The molecule has 21 heavy (non-hydrogen) atoms. The van der Waals surface area contributed by atoms with Crippen molar-refractivity contribution in [1.82, 2.24) is 19.9 Å². The third kappa shape index (κ3) is 3.01. The van der Waals surface area contributed by atoms with Crippen molar-refractivity contribution in [3.63, 3.8) is 0 Å². The number of hydrogen-bond acceptors (Lipinski definition) is 6. The van der Waals surface area contributed by atoms with Gasteiger partial charge in [0.1, 0.15) is 6.26 Å². The lowest BCUT2D eigenvalue weighted by Crippen LogP contribution is -2.31. The standard InChI is InChI=1S/C15H20N4O2/c1-5-18(7-8-19(6-1)13-2-3-13)10-14-16-15(17-21-14)12-4-9-20-11-12/h4,9,11,13H,1-3,5-8,10H2. The lowest BCUT2D eigenvalue weighted by atomic mass is 10.3. The Bertz CT molecular complexity index is 576. The van der Waals surface area contributed by atoms with Gasteiger partial charge in [-0.25, -0.2) is 0 Å². The summed E-state index contributed by atoms with van der Waals surface area (Å²) in [6.07, 6.45) is 7.25. The van der Waals surface area contributed by atoms with Gasteiger partial charge in [-0.15, -0.1) is 0 Å². The summed E-state index contributed by atoms with van der Waals surface area (Å²) in [6, 6.07) is 2.70. The predicted octanol–water partition coefficient (Wildman–Crippen LogP) is 2.00. The lowest BCUT2D eigenvalue weighted by molar-refractivity contribution is 0.222. The molecule has 2 aromatic heterocycles. The fourth-order valence-electron chi connectivity index (χ4n) is 2.97. The van der Waals surface area contributed by atoms with Crippen molar-refractivity contribution in [2.45, 2.75) is 31.8 Å². The highest BCUT2D eigenvalue weighted by atomic mass is 16.5. The van der Waals surface area contributed by atoms with Crippen LogP contribution in [-0.4, -0.2) is 52.2 Å². The third-order valence-corrected chi connectivity index (χ3v) is 4.29. The Morgan fingerprint density at radius 1 is 1.19 bits per heavy atom. The van der Waals surface area contributed by atoms with E-state index in [0.29, 0.717) is 11.7 Å². The van der Waals surface area contributed by atoms with E-state index in [2.05, 4.69) is 19.9 Å². The Morgan fingerprint density at radius 2 is 2.14 bits per heavy atom. The van der Waals surface area contributed by atoms with Crippen LogP contribution in [0.2, 0.25) is 0 Å². The molecule has 1 saturated heterocycles. The SMILES string of the molecule is c1cc(-c2noc(CN3CCCN(C4CC4)CC3)n2)co1. The van der Waals surface area contributed by atoms with Gasteiger partial charge < -0.3 is 8.94 Å². The number of rotatable bonds is 4. The highest BCUT2D eigenvalue weighted by Crippen LogP contribution is 2.27. The molecule has 2 aromatic rings. The molecule has 112 valence electrons. The molecule has 0 spiro atoms. The normalized spacial score (nSPS) is 21.5. The summed E-state index contributed by atoms with van der Waals surface area (Å²) < 4.78 is 10.4. The lowest BCUT2D eigenvalue weighted by Gasteiger charge is -2.20. The van der Waals surface area contributed by atoms with Gasteiger partial charge in [0.2, 0.25) is 11.7 Å². The first-order valence-corrected chi connectivity index (χ1v) is 7.70. The molecule has 0 radical (unpaired) electrons. The van der Waals surface area contributed by atoms with E-state index in [4.69, 9.17) is 8.94 Å². The van der Waals surface area contributed by atoms with E-state index in [9.17, 15) is 0 Å². The molecular weight excluding hydrogens is 268 g/mol. The van der Waals surface area contributed by atoms with Crippen molar-refractivity contribution in [3.05, 3.63) is 24.5 Å². The van der Waals surface area contributed by atoms with E-state index < -0.39 is 0 Å². The highest BCUT2D eigenvalue weighted by Gasteiger charge is 2.30. The minimum atomic E-state index is 0.605. The molecule has 0 aromatic carbocycles. The first-order valence-electron chi connectivity index (χ1n) is 7.70. The predicted molar refractivity (Wildman–Crippen MR) is 76.5 cm³/mol. The zero-order valence-electron chi connectivity index (χ0n) is 12.1. The number of hydrogen-bond donors (Lipinski definition) is 0. The van der Waals surface area contributed by atoms with Gasteiger partial charge in [0.05, 0.1) is 18.4 Å². The summed E-state index contributed by atoms with van der Waals surface area (Å²) in [7, 11) is 0. The van der Waals surface area contributed by atoms with Crippen LogP contribution in [-0.2, 0) is 6.54 Å². The second kappa shape index (κ2) is 5.61. The van der Waals surface area contributed by atoms with Gasteiger partial charge >= 0.3 is 0 Å². The van der Waals surface area contributed by atoms with Crippen molar-refractivity contribution >= 4 is 0 Å². The van der Waals surface area contributed by atoms with E-state index >= 15 is 0 Å². The molecular formula is C15H20N4O2. The van der Waals surface area contributed by atoms with Crippen LogP contribution in [0.5, 0.6) is 0 Å². The van der Waals surface area contributed by atoms with Gasteiger partial charge in [-0.2, -0.15) is 4.98 Å². The fraction of sp³-hybridized carbons (Fsp3) is 0.600. The second-order valence-electron chi connectivity index (χ2n) is 5.92. The quantitative estimate of drug-likeness (QED) is 0.857. The largest absolute Gasteiger partial charge is 0.472 e. The second-order valence-corrected chi connectivity index (χ2v) is 5.92. The molecule has 0 N–H and O–H groups in total. The first kappa shape index (κ1) is 13.0. The van der Waals surface area contributed by atoms with Gasteiger partial charge in [0, 0.05) is 19.1 Å². The van der Waals surface area contributed by atoms with Crippen molar-refractivity contribution in [3.8, 4) is 11.4 Å². The van der Waals surface area contributed by atoms with E-state index in [1.165, 1.54) is 25.8 Å². The molecule has 0 unspecified atom stereocenters. The number of furan rings is 1. The van der Waals surface area contributed by atoms with Gasteiger partial charge in [-0.3, -0.25) is 9.80 Å². The maximum atomic E-state index is 5.36. The molecule has 4 rings (SSSR count). The Hall–Kier alpha value is -1.66. The maximum Gasteiger partial charge on any atom is 0.241 e. The average molecular weight is 288 g/mol. The van der Waals surface area contributed by atoms with Crippen LogP contribution in [0.4, 0.5) is 0 Å². The highest BCUT2D eigenvalue weighted by molar-refractivity contribution is 5.51. The summed E-state index contributed by atoms with van der Waals surface area (Å²) in [6.45, 7) is 5.31. The molecule has 2 fully saturated rings. The van der Waals surface area contributed by atoms with Crippen molar-refractivity contribution in [1.29, 1.82) is 0 Å². The molecule has 1 saturated carbocycles. The molecule has 3 heterocycles. The van der Waals surface area contributed by atoms with Gasteiger partial charge in [-0.1, -0.05) is 5.16 Å². The first-order chi connectivity index (χ1) is 10.4. The zero-order valence-corrected chi connectivity index (χ0v) is 12.1. The number of nitrogens with zero attached hydrogens (tertiary/aromatic N) is 4. The average Bonchev–Trinajstić information content (AvgIpc) is 3.06. The summed E-state index contributed by atoms with van der Waals surface area (Å²) in [5.74, 6) is 1.29. The maximum absolute atomic E-state index is 5.36. The van der Waals surface area contributed by atoms with Crippen LogP contribution in [0.1, 0.15) is 25.2 Å². The fourth-order valence-corrected chi connectivity index (χ4v) is 2.97. The van der Waals surface area contributed by atoms with Crippen molar-refractivity contribution in [2.75, 3.05) is 26.2 Å². The van der Waals surface area contributed by atoms with Crippen molar-refractivity contribution < 1.29 is 8.94 Å². The minimum absolute atomic E-state index is 0.605. The summed E-state index contributed by atoms with van der Waals surface area (Å²) in [5.41, 5.74) is 0.862. The van der Waals surface area contributed by atoms with Crippen molar-refractivity contribution in [2.24, 2.45) is 0 Å². The minimum Gasteiger partial charge on any atom is -0.472 e. The molecule has 1 aliphatic carbocycles. The monoisotopic (exact) mass is 288 g/mol. The molecule has 1 aliphatic heterocycles. The van der Waals surface area contributed by atoms with Gasteiger partial charge in [-0.05, 0) is 38.4 Å². The summed E-state index contributed by atoms with van der Waals surface area (Å²) >= 11 is 0. The number of aromatic nitrogens is 2. The molecule has 6 nitrogen and oxygen atoms in total. The Morgan fingerprint density at radius 3 is 2.95 bits per heavy atom. The molecule has 0 bridgehead atoms. The molecule has 0 atom stereocenters. The zero-order chi connectivity index (χ0) is 14.1. The van der Waals surface area contributed by atoms with E-state index in [1.54, 1.807) is 12.5 Å². The van der Waals surface area contributed by atoms with Crippen LogP contribution >= 0.6 is 0 Å². The van der Waals surface area contributed by atoms with Crippen LogP contribution < -0.4 is 0 Å². The van der Waals surface area contributed by atoms with E-state index in [-0.39, 0.29) is 0 Å². The Balaban J connectivity index is 1.37. The van der Waals surface area contributed by atoms with E-state index in [1.807, 2.05) is 6.07 Å². The summed E-state index contributed by atoms with van der Waals surface area (Å²) in [4.78, 5) is 9.49. The topological polar surface area (TPSA) is 58.5 Å². The Kier molecular flexibility index (Phi) is 3.48. The smallest absolute Gasteiger partial charge is 0.241 e.